The molecule has 1 aromatic carbocycles. The second-order valence-electron chi connectivity index (χ2n) is 7.16. The highest BCUT2D eigenvalue weighted by molar-refractivity contribution is 6.33. The summed E-state index contributed by atoms with van der Waals surface area (Å²) >= 11 is 6.23. The Morgan fingerprint density at radius 1 is 1.20 bits per heavy atom. The molecular formula is C18H19ClF3N3. The van der Waals surface area contributed by atoms with Crippen molar-refractivity contribution in [3.05, 3.63) is 34.5 Å². The van der Waals surface area contributed by atoms with Gasteiger partial charge in [0.05, 0.1) is 11.3 Å². The van der Waals surface area contributed by atoms with Crippen LogP contribution >= 0.6 is 11.6 Å². The number of nitrogens with zero attached hydrogens (tertiary/aromatic N) is 2. The van der Waals surface area contributed by atoms with E-state index >= 15 is 0 Å². The van der Waals surface area contributed by atoms with E-state index in [0.717, 1.165) is 17.8 Å². The molecule has 0 atom stereocenters. The first-order valence-corrected chi connectivity index (χ1v) is 8.84. The average molecular weight is 370 g/mol. The molecule has 2 aliphatic carbocycles. The van der Waals surface area contributed by atoms with Crippen molar-refractivity contribution >= 4 is 17.4 Å². The van der Waals surface area contributed by atoms with E-state index in [1.54, 1.807) is 11.7 Å². The standard InChI is InChI=1S/C18H19ClF3N3/c1-25-17(23)15(12-7-6-11(8-13(12)19)18(20,21)22)16(24-25)14(9-2-3-9)10-4-5-10/h6-10,14H,2-5,23H2,1H3. The Balaban J connectivity index is 1.83. The summed E-state index contributed by atoms with van der Waals surface area (Å²) in [6.07, 6.45) is 0.293. The number of rotatable bonds is 4. The van der Waals surface area contributed by atoms with Crippen LogP contribution in [0, 0.1) is 11.8 Å². The van der Waals surface area contributed by atoms with Crippen molar-refractivity contribution in [2.45, 2.75) is 37.8 Å². The number of nitrogen functional groups attached to an aromatic ring is 1. The third-order valence-electron chi connectivity index (χ3n) is 5.26. The van der Waals surface area contributed by atoms with Crippen LogP contribution in [0.5, 0.6) is 0 Å². The maximum atomic E-state index is 12.9. The summed E-state index contributed by atoms with van der Waals surface area (Å²) < 4.78 is 40.4. The van der Waals surface area contributed by atoms with Crippen LogP contribution < -0.4 is 5.73 Å². The summed E-state index contributed by atoms with van der Waals surface area (Å²) in [5, 5.41) is 4.69. The lowest BCUT2D eigenvalue weighted by Gasteiger charge is -2.16. The molecule has 0 saturated heterocycles. The number of alkyl halides is 3. The highest BCUT2D eigenvalue weighted by atomic mass is 35.5. The van der Waals surface area contributed by atoms with Gasteiger partial charge in [0.15, 0.2) is 0 Å². The van der Waals surface area contributed by atoms with Crippen LogP contribution in [0.2, 0.25) is 5.02 Å². The summed E-state index contributed by atoms with van der Waals surface area (Å²) in [5.74, 6) is 1.99. The molecule has 134 valence electrons. The lowest BCUT2D eigenvalue weighted by Crippen LogP contribution is -2.07. The zero-order chi connectivity index (χ0) is 17.9. The molecule has 0 amide bonds. The van der Waals surface area contributed by atoms with E-state index in [1.165, 1.54) is 31.7 Å². The first kappa shape index (κ1) is 16.8. The Hall–Kier alpha value is -1.69. The van der Waals surface area contributed by atoms with E-state index in [4.69, 9.17) is 17.3 Å². The van der Waals surface area contributed by atoms with Gasteiger partial charge in [0.1, 0.15) is 5.82 Å². The largest absolute Gasteiger partial charge is 0.416 e. The summed E-state index contributed by atoms with van der Waals surface area (Å²) in [6.45, 7) is 0. The molecule has 7 heteroatoms. The molecule has 0 radical (unpaired) electrons. The second kappa shape index (κ2) is 5.66. The molecule has 2 fully saturated rings. The summed E-state index contributed by atoms with van der Waals surface area (Å²) in [6, 6.07) is 3.44. The molecule has 3 nitrogen and oxygen atoms in total. The Kier molecular flexibility index (Phi) is 3.79. The lowest BCUT2D eigenvalue weighted by molar-refractivity contribution is -0.137. The summed E-state index contributed by atoms with van der Waals surface area (Å²) in [4.78, 5) is 0. The van der Waals surface area contributed by atoms with Crippen LogP contribution in [0.15, 0.2) is 18.2 Å². The molecule has 2 saturated carbocycles. The van der Waals surface area contributed by atoms with Crippen molar-refractivity contribution < 1.29 is 13.2 Å². The number of hydrogen-bond acceptors (Lipinski definition) is 2. The smallest absolute Gasteiger partial charge is 0.383 e. The Morgan fingerprint density at radius 3 is 2.28 bits per heavy atom. The van der Waals surface area contributed by atoms with Crippen LogP contribution in [0.4, 0.5) is 19.0 Å². The minimum atomic E-state index is -4.42. The molecule has 25 heavy (non-hydrogen) atoms. The highest BCUT2D eigenvalue weighted by Crippen LogP contribution is 2.56. The van der Waals surface area contributed by atoms with Crippen LogP contribution in [0.25, 0.3) is 11.1 Å². The molecule has 0 aliphatic heterocycles. The van der Waals surface area contributed by atoms with E-state index in [0.29, 0.717) is 34.7 Å². The van der Waals surface area contributed by atoms with E-state index < -0.39 is 11.7 Å². The number of aryl methyl sites for hydroxylation is 1. The minimum absolute atomic E-state index is 0.0566. The molecular weight excluding hydrogens is 351 g/mol. The maximum absolute atomic E-state index is 12.9. The molecule has 4 rings (SSSR count). The van der Waals surface area contributed by atoms with Gasteiger partial charge in [-0.3, -0.25) is 4.68 Å². The maximum Gasteiger partial charge on any atom is 0.416 e. The van der Waals surface area contributed by atoms with Crippen LogP contribution in [0.3, 0.4) is 0 Å². The second-order valence-corrected chi connectivity index (χ2v) is 7.57. The zero-order valence-corrected chi connectivity index (χ0v) is 14.5. The van der Waals surface area contributed by atoms with Gasteiger partial charge in [-0.15, -0.1) is 0 Å². The lowest BCUT2D eigenvalue weighted by atomic mass is 9.89. The van der Waals surface area contributed by atoms with Gasteiger partial charge in [-0.25, -0.2) is 0 Å². The van der Waals surface area contributed by atoms with Crippen LogP contribution in [-0.2, 0) is 13.2 Å². The van der Waals surface area contributed by atoms with Gasteiger partial charge in [0, 0.05) is 29.1 Å². The number of aromatic nitrogens is 2. The van der Waals surface area contributed by atoms with Gasteiger partial charge in [0.25, 0.3) is 0 Å². The fourth-order valence-corrected chi connectivity index (χ4v) is 3.98. The number of nitrogens with two attached hydrogens (primary N) is 1. The zero-order valence-electron chi connectivity index (χ0n) is 13.8. The first-order chi connectivity index (χ1) is 11.8. The van der Waals surface area contributed by atoms with E-state index in [2.05, 4.69) is 5.10 Å². The van der Waals surface area contributed by atoms with Gasteiger partial charge < -0.3 is 5.73 Å². The number of halogens is 4. The fraction of sp³-hybridized carbons (Fsp3) is 0.500. The molecule has 0 bridgehead atoms. The third-order valence-corrected chi connectivity index (χ3v) is 5.57. The third kappa shape index (κ3) is 3.01. The monoisotopic (exact) mass is 369 g/mol. The van der Waals surface area contributed by atoms with Crippen molar-refractivity contribution in [1.29, 1.82) is 0 Å². The Morgan fingerprint density at radius 2 is 1.80 bits per heavy atom. The number of anilines is 1. The van der Waals surface area contributed by atoms with Crippen LogP contribution in [0.1, 0.15) is 42.9 Å². The molecule has 0 spiro atoms. The van der Waals surface area contributed by atoms with Gasteiger partial charge in [-0.1, -0.05) is 17.7 Å². The molecule has 1 aromatic heterocycles. The van der Waals surface area contributed by atoms with Gasteiger partial charge in [0.2, 0.25) is 0 Å². The first-order valence-electron chi connectivity index (χ1n) is 8.47. The fourth-order valence-electron chi connectivity index (χ4n) is 3.70. The SMILES string of the molecule is Cn1nc(C(C2CC2)C2CC2)c(-c2ccc(C(F)(F)F)cc2Cl)c1N. The van der Waals surface area contributed by atoms with Crippen molar-refractivity contribution in [3.63, 3.8) is 0 Å². The van der Waals surface area contributed by atoms with Crippen molar-refractivity contribution in [2.24, 2.45) is 18.9 Å². The molecule has 2 N–H and O–H groups in total. The summed E-state index contributed by atoms with van der Waals surface area (Å²) in [7, 11) is 1.76. The predicted octanol–water partition coefficient (Wildman–Crippen LogP) is 5.25. The normalized spacial score (nSPS) is 18.2. The van der Waals surface area contributed by atoms with Gasteiger partial charge in [-0.05, 0) is 49.7 Å². The molecule has 0 unspecified atom stereocenters. The molecule has 1 heterocycles. The van der Waals surface area contributed by atoms with Crippen molar-refractivity contribution in [1.82, 2.24) is 9.78 Å². The number of benzene rings is 1. The topological polar surface area (TPSA) is 43.8 Å². The quantitative estimate of drug-likeness (QED) is 0.800. The van der Waals surface area contributed by atoms with E-state index in [9.17, 15) is 13.2 Å². The number of hydrogen-bond donors (Lipinski definition) is 1. The molecule has 2 aromatic rings. The average Bonchev–Trinajstić information content (AvgIpc) is 3.42. The van der Waals surface area contributed by atoms with Crippen molar-refractivity contribution in [2.75, 3.05) is 5.73 Å². The van der Waals surface area contributed by atoms with E-state index in [-0.39, 0.29) is 5.02 Å². The van der Waals surface area contributed by atoms with E-state index in [1.807, 2.05) is 0 Å². The van der Waals surface area contributed by atoms with Crippen molar-refractivity contribution in [3.8, 4) is 11.1 Å². The molecule has 2 aliphatic rings. The van der Waals surface area contributed by atoms with Crippen LogP contribution in [-0.4, -0.2) is 9.78 Å². The van der Waals surface area contributed by atoms with Gasteiger partial charge >= 0.3 is 6.18 Å². The minimum Gasteiger partial charge on any atom is -0.383 e. The summed E-state index contributed by atoms with van der Waals surface area (Å²) in [5.41, 5.74) is 7.59. The Bertz CT molecular complexity index is 808. The van der Waals surface area contributed by atoms with Gasteiger partial charge in [-0.2, -0.15) is 18.3 Å². The Labute approximate surface area is 149 Å². The predicted molar refractivity (Wildman–Crippen MR) is 91.3 cm³/mol. The highest BCUT2D eigenvalue weighted by Gasteiger charge is 2.45.